The van der Waals surface area contributed by atoms with Gasteiger partial charge in [0.15, 0.2) is 0 Å². The van der Waals surface area contributed by atoms with Gasteiger partial charge in [-0.2, -0.15) is 0 Å². The highest BCUT2D eigenvalue weighted by molar-refractivity contribution is 5.39. The highest BCUT2D eigenvalue weighted by Gasteiger charge is 2.04. The fourth-order valence-corrected chi connectivity index (χ4v) is 1.29. The van der Waals surface area contributed by atoms with Crippen molar-refractivity contribution in [3.8, 4) is 11.5 Å². The van der Waals surface area contributed by atoms with Crippen molar-refractivity contribution in [2.75, 3.05) is 7.11 Å². The Hall–Kier alpha value is -1.18. The maximum atomic E-state index is 9.52. The number of hydrogen-bond acceptors (Lipinski definition) is 2. The monoisotopic (exact) mass is 180 g/mol. The number of aromatic hydroxyl groups is 1. The Bertz CT molecular complexity index is 279. The highest BCUT2D eigenvalue weighted by atomic mass is 16.5. The van der Waals surface area contributed by atoms with Crippen LogP contribution in [0.5, 0.6) is 11.5 Å². The van der Waals surface area contributed by atoms with Crippen LogP contribution in [0.3, 0.4) is 0 Å². The average molecular weight is 180 g/mol. The molecule has 0 heterocycles. The van der Waals surface area contributed by atoms with Crippen molar-refractivity contribution in [1.29, 1.82) is 0 Å². The molecule has 0 unspecified atom stereocenters. The Kier molecular flexibility index (Phi) is 3.18. The van der Waals surface area contributed by atoms with Gasteiger partial charge >= 0.3 is 0 Å². The van der Waals surface area contributed by atoms with Crippen molar-refractivity contribution in [2.45, 2.75) is 20.3 Å². The van der Waals surface area contributed by atoms with Crippen molar-refractivity contribution in [2.24, 2.45) is 5.92 Å². The van der Waals surface area contributed by atoms with E-state index in [0.717, 1.165) is 17.7 Å². The average Bonchev–Trinajstić information content (AvgIpc) is 2.08. The lowest BCUT2D eigenvalue weighted by molar-refractivity contribution is 0.409. The predicted molar refractivity (Wildman–Crippen MR) is 53.2 cm³/mol. The van der Waals surface area contributed by atoms with E-state index in [4.69, 9.17) is 4.74 Å². The lowest BCUT2D eigenvalue weighted by Crippen LogP contribution is -1.95. The van der Waals surface area contributed by atoms with E-state index in [1.54, 1.807) is 19.2 Å². The summed E-state index contributed by atoms with van der Waals surface area (Å²) < 4.78 is 5.08. The molecule has 1 aromatic carbocycles. The van der Waals surface area contributed by atoms with Gasteiger partial charge in [0.1, 0.15) is 11.5 Å². The van der Waals surface area contributed by atoms with Crippen molar-refractivity contribution >= 4 is 0 Å². The van der Waals surface area contributed by atoms with E-state index in [2.05, 4.69) is 13.8 Å². The summed E-state index contributed by atoms with van der Waals surface area (Å²) in [5, 5.41) is 9.52. The number of phenolic OH excluding ortho intramolecular Hbond substituents is 1. The molecule has 72 valence electrons. The molecule has 0 spiro atoms. The minimum absolute atomic E-state index is 0.356. The summed E-state index contributed by atoms with van der Waals surface area (Å²) >= 11 is 0. The molecule has 0 amide bonds. The van der Waals surface area contributed by atoms with Gasteiger partial charge in [0.2, 0.25) is 0 Å². The van der Waals surface area contributed by atoms with Gasteiger partial charge < -0.3 is 9.84 Å². The number of benzene rings is 1. The van der Waals surface area contributed by atoms with E-state index in [0.29, 0.717) is 11.7 Å². The minimum Gasteiger partial charge on any atom is -0.508 e. The van der Waals surface area contributed by atoms with Crippen LogP contribution in [0.25, 0.3) is 0 Å². The number of ether oxygens (including phenoxy) is 1. The van der Waals surface area contributed by atoms with E-state index in [1.807, 2.05) is 6.07 Å². The van der Waals surface area contributed by atoms with Crippen LogP contribution in [0.15, 0.2) is 18.2 Å². The Morgan fingerprint density at radius 1 is 1.38 bits per heavy atom. The van der Waals surface area contributed by atoms with Gasteiger partial charge in [-0.1, -0.05) is 13.8 Å². The topological polar surface area (TPSA) is 29.5 Å². The molecular weight excluding hydrogens is 164 g/mol. The summed E-state index contributed by atoms with van der Waals surface area (Å²) in [5.41, 5.74) is 0.953. The highest BCUT2D eigenvalue weighted by Crippen LogP contribution is 2.24. The molecule has 1 aromatic rings. The van der Waals surface area contributed by atoms with E-state index >= 15 is 0 Å². The molecule has 0 bridgehead atoms. The van der Waals surface area contributed by atoms with Gasteiger partial charge in [-0.15, -0.1) is 0 Å². The molecule has 0 aliphatic carbocycles. The third kappa shape index (κ3) is 2.65. The quantitative estimate of drug-likeness (QED) is 0.774. The fraction of sp³-hybridized carbons (Fsp3) is 0.455. The molecule has 0 atom stereocenters. The van der Waals surface area contributed by atoms with Crippen LogP contribution in [0.4, 0.5) is 0 Å². The molecule has 0 saturated heterocycles. The zero-order valence-electron chi connectivity index (χ0n) is 8.37. The second-order valence-corrected chi connectivity index (χ2v) is 3.59. The fourth-order valence-electron chi connectivity index (χ4n) is 1.29. The van der Waals surface area contributed by atoms with E-state index < -0.39 is 0 Å². The van der Waals surface area contributed by atoms with Gasteiger partial charge in [-0.3, -0.25) is 0 Å². The molecule has 1 N–H and O–H groups in total. The van der Waals surface area contributed by atoms with Gasteiger partial charge in [-0.25, -0.2) is 0 Å². The zero-order valence-corrected chi connectivity index (χ0v) is 8.37. The standard InChI is InChI=1S/C11H16O2/c1-8(2)6-9-7-10(13-3)4-5-11(9)12/h4-5,7-8,12H,6H2,1-3H3. The molecule has 0 radical (unpaired) electrons. The number of rotatable bonds is 3. The summed E-state index contributed by atoms with van der Waals surface area (Å²) in [5.74, 6) is 1.70. The van der Waals surface area contributed by atoms with Crippen molar-refractivity contribution in [3.05, 3.63) is 23.8 Å². The van der Waals surface area contributed by atoms with Gasteiger partial charge in [0, 0.05) is 0 Å². The van der Waals surface area contributed by atoms with Gasteiger partial charge in [0.25, 0.3) is 0 Å². The van der Waals surface area contributed by atoms with Gasteiger partial charge in [-0.05, 0) is 36.1 Å². The number of hydrogen-bond donors (Lipinski definition) is 1. The molecule has 0 aromatic heterocycles. The molecule has 0 saturated carbocycles. The number of methoxy groups -OCH3 is 1. The lowest BCUT2D eigenvalue weighted by Gasteiger charge is -2.08. The molecular formula is C11H16O2. The lowest BCUT2D eigenvalue weighted by atomic mass is 10.0. The smallest absolute Gasteiger partial charge is 0.119 e. The Labute approximate surface area is 79.2 Å². The molecule has 2 heteroatoms. The molecule has 2 nitrogen and oxygen atoms in total. The Balaban J connectivity index is 2.90. The van der Waals surface area contributed by atoms with Crippen molar-refractivity contribution < 1.29 is 9.84 Å². The first-order valence-electron chi connectivity index (χ1n) is 4.49. The maximum absolute atomic E-state index is 9.52. The van der Waals surface area contributed by atoms with Crippen LogP contribution in [-0.4, -0.2) is 12.2 Å². The SMILES string of the molecule is COc1ccc(O)c(CC(C)C)c1. The first kappa shape index (κ1) is 9.90. The molecule has 1 rings (SSSR count). The maximum Gasteiger partial charge on any atom is 0.119 e. The summed E-state index contributed by atoms with van der Waals surface area (Å²) in [4.78, 5) is 0. The Morgan fingerprint density at radius 2 is 2.08 bits per heavy atom. The van der Waals surface area contributed by atoms with Crippen LogP contribution < -0.4 is 4.74 Å². The second-order valence-electron chi connectivity index (χ2n) is 3.59. The van der Waals surface area contributed by atoms with Crippen LogP contribution in [-0.2, 0) is 6.42 Å². The van der Waals surface area contributed by atoms with Crippen LogP contribution in [0, 0.1) is 5.92 Å². The van der Waals surface area contributed by atoms with Crippen molar-refractivity contribution in [1.82, 2.24) is 0 Å². The summed E-state index contributed by atoms with van der Waals surface area (Å²) in [6.07, 6.45) is 0.878. The third-order valence-corrected chi connectivity index (χ3v) is 1.91. The van der Waals surface area contributed by atoms with Crippen LogP contribution in [0.2, 0.25) is 0 Å². The first-order valence-corrected chi connectivity index (χ1v) is 4.49. The molecule has 13 heavy (non-hydrogen) atoms. The molecule has 0 fully saturated rings. The minimum atomic E-state index is 0.356. The Morgan fingerprint density at radius 3 is 2.62 bits per heavy atom. The van der Waals surface area contributed by atoms with Crippen molar-refractivity contribution in [3.63, 3.8) is 0 Å². The predicted octanol–water partition coefficient (Wildman–Crippen LogP) is 2.60. The van der Waals surface area contributed by atoms with Gasteiger partial charge in [0.05, 0.1) is 7.11 Å². The first-order chi connectivity index (χ1) is 6.13. The number of phenols is 1. The zero-order chi connectivity index (χ0) is 9.84. The molecule has 0 aliphatic rings. The van der Waals surface area contributed by atoms with E-state index in [9.17, 15) is 5.11 Å². The normalized spacial score (nSPS) is 10.5. The van der Waals surface area contributed by atoms with Crippen LogP contribution in [0.1, 0.15) is 19.4 Å². The van der Waals surface area contributed by atoms with E-state index in [-0.39, 0.29) is 0 Å². The van der Waals surface area contributed by atoms with E-state index in [1.165, 1.54) is 0 Å². The third-order valence-electron chi connectivity index (χ3n) is 1.91. The van der Waals surface area contributed by atoms with Crippen LogP contribution >= 0.6 is 0 Å². The molecule has 0 aliphatic heterocycles. The summed E-state index contributed by atoms with van der Waals surface area (Å²) in [6, 6.07) is 5.32. The summed E-state index contributed by atoms with van der Waals surface area (Å²) in [7, 11) is 1.63. The largest absolute Gasteiger partial charge is 0.508 e. The summed E-state index contributed by atoms with van der Waals surface area (Å²) in [6.45, 7) is 4.25. The second kappa shape index (κ2) is 4.17.